The molecule has 0 saturated heterocycles. The van der Waals surface area contributed by atoms with Gasteiger partial charge in [-0.15, -0.1) is 0 Å². The summed E-state index contributed by atoms with van der Waals surface area (Å²) in [6.07, 6.45) is -4.54. The van der Waals surface area contributed by atoms with Crippen LogP contribution in [0.4, 0.5) is 18.9 Å². The Morgan fingerprint density at radius 1 is 1.08 bits per heavy atom. The van der Waals surface area contributed by atoms with Crippen LogP contribution in [-0.2, 0) is 16.2 Å². The van der Waals surface area contributed by atoms with Gasteiger partial charge in [0.15, 0.2) is 0 Å². The van der Waals surface area contributed by atoms with Crippen LogP contribution in [0.5, 0.6) is 5.75 Å². The molecule has 0 aliphatic carbocycles. The van der Waals surface area contributed by atoms with Gasteiger partial charge in [-0.05, 0) is 49.4 Å². The van der Waals surface area contributed by atoms with E-state index >= 15 is 0 Å². The Morgan fingerprint density at radius 2 is 1.71 bits per heavy atom. The number of benzene rings is 2. The molecule has 0 spiro atoms. The number of nitrogens with zero attached hydrogens (tertiary/aromatic N) is 1. The van der Waals surface area contributed by atoms with Crippen molar-refractivity contribution in [3.8, 4) is 5.75 Å². The van der Waals surface area contributed by atoms with Crippen LogP contribution in [0.15, 0.2) is 53.4 Å². The van der Waals surface area contributed by atoms with E-state index < -0.39 is 21.8 Å². The van der Waals surface area contributed by atoms with Crippen LogP contribution < -0.4 is 9.04 Å². The van der Waals surface area contributed by atoms with Gasteiger partial charge < -0.3 is 4.74 Å². The van der Waals surface area contributed by atoms with Crippen LogP contribution in [0.3, 0.4) is 0 Å². The molecule has 0 amide bonds. The van der Waals surface area contributed by atoms with E-state index in [1.165, 1.54) is 43.5 Å². The molecule has 4 nitrogen and oxygen atoms in total. The number of rotatable bonds is 5. The first-order valence-corrected chi connectivity index (χ1v) is 8.48. The minimum Gasteiger partial charge on any atom is -0.497 e. The van der Waals surface area contributed by atoms with E-state index in [-0.39, 0.29) is 17.1 Å². The smallest absolute Gasteiger partial charge is 0.416 e. The summed E-state index contributed by atoms with van der Waals surface area (Å²) in [6.45, 7) is 1.55. The van der Waals surface area contributed by atoms with Crippen molar-refractivity contribution >= 4 is 15.7 Å². The molecule has 0 bridgehead atoms. The molecule has 0 aromatic heterocycles. The molecule has 0 N–H and O–H groups in total. The maximum Gasteiger partial charge on any atom is 0.416 e. The lowest BCUT2D eigenvalue weighted by atomic mass is 10.2. The highest BCUT2D eigenvalue weighted by Crippen LogP contribution is 2.33. The Hall–Kier alpha value is -2.22. The quantitative estimate of drug-likeness (QED) is 0.813. The normalized spacial score (nSPS) is 12.0. The Labute approximate surface area is 138 Å². The monoisotopic (exact) mass is 359 g/mol. The lowest BCUT2D eigenvalue weighted by Gasteiger charge is -2.24. The van der Waals surface area contributed by atoms with Crippen LogP contribution in [0.2, 0.25) is 0 Å². The summed E-state index contributed by atoms with van der Waals surface area (Å²) >= 11 is 0. The summed E-state index contributed by atoms with van der Waals surface area (Å²) in [6, 6.07) is 9.90. The molecule has 24 heavy (non-hydrogen) atoms. The summed E-state index contributed by atoms with van der Waals surface area (Å²) in [5.41, 5.74) is -0.938. The van der Waals surface area contributed by atoms with E-state index in [2.05, 4.69) is 0 Å². The molecule has 2 aromatic rings. The molecule has 0 unspecified atom stereocenters. The van der Waals surface area contributed by atoms with Crippen LogP contribution in [0.25, 0.3) is 0 Å². The summed E-state index contributed by atoms with van der Waals surface area (Å²) in [7, 11) is -2.53. The summed E-state index contributed by atoms with van der Waals surface area (Å²) < 4.78 is 69.9. The number of alkyl halides is 3. The predicted molar refractivity (Wildman–Crippen MR) is 84.6 cm³/mol. The first-order valence-electron chi connectivity index (χ1n) is 7.04. The van der Waals surface area contributed by atoms with Crippen molar-refractivity contribution in [3.63, 3.8) is 0 Å². The molecule has 0 radical (unpaired) electrons. The molecule has 8 heteroatoms. The van der Waals surface area contributed by atoms with Gasteiger partial charge in [-0.2, -0.15) is 13.2 Å². The topological polar surface area (TPSA) is 46.6 Å². The number of halogens is 3. The average molecular weight is 359 g/mol. The molecule has 2 aromatic carbocycles. The first kappa shape index (κ1) is 18.1. The standard InChI is InChI=1S/C16H16F3NO3S/c1-3-20(13-6-4-5-12(11-13)16(17,18)19)24(21,22)15-9-7-14(23-2)8-10-15/h4-11H,3H2,1-2H3. The van der Waals surface area contributed by atoms with Crippen molar-refractivity contribution in [1.29, 1.82) is 0 Å². The van der Waals surface area contributed by atoms with E-state index in [1.54, 1.807) is 6.92 Å². The zero-order valence-electron chi connectivity index (χ0n) is 13.0. The van der Waals surface area contributed by atoms with Crippen molar-refractivity contribution in [2.24, 2.45) is 0 Å². The van der Waals surface area contributed by atoms with Gasteiger partial charge >= 0.3 is 6.18 Å². The minimum atomic E-state index is -4.54. The van der Waals surface area contributed by atoms with Gasteiger partial charge in [0.05, 0.1) is 23.3 Å². The third kappa shape index (κ3) is 3.64. The molecular formula is C16H16F3NO3S. The number of hydrogen-bond acceptors (Lipinski definition) is 3. The van der Waals surface area contributed by atoms with E-state index in [0.29, 0.717) is 5.75 Å². The van der Waals surface area contributed by atoms with Crippen molar-refractivity contribution in [2.75, 3.05) is 18.0 Å². The van der Waals surface area contributed by atoms with Gasteiger partial charge in [0.1, 0.15) is 5.75 Å². The molecule has 0 aliphatic heterocycles. The lowest BCUT2D eigenvalue weighted by Crippen LogP contribution is -2.31. The minimum absolute atomic E-state index is 0.00429. The van der Waals surface area contributed by atoms with E-state index in [1.807, 2.05) is 0 Å². The Balaban J connectivity index is 2.46. The fraction of sp³-hybridized carbons (Fsp3) is 0.250. The van der Waals surface area contributed by atoms with E-state index in [0.717, 1.165) is 16.4 Å². The fourth-order valence-electron chi connectivity index (χ4n) is 2.20. The highest BCUT2D eigenvalue weighted by Gasteiger charge is 2.32. The number of methoxy groups -OCH3 is 1. The third-order valence-electron chi connectivity index (χ3n) is 3.40. The molecule has 0 fully saturated rings. The van der Waals surface area contributed by atoms with Crippen molar-refractivity contribution < 1.29 is 26.3 Å². The van der Waals surface area contributed by atoms with E-state index in [9.17, 15) is 21.6 Å². The van der Waals surface area contributed by atoms with Crippen LogP contribution in [-0.4, -0.2) is 22.1 Å². The highest BCUT2D eigenvalue weighted by atomic mass is 32.2. The maximum absolute atomic E-state index is 12.9. The van der Waals surface area contributed by atoms with Crippen LogP contribution >= 0.6 is 0 Å². The largest absolute Gasteiger partial charge is 0.497 e. The van der Waals surface area contributed by atoms with Gasteiger partial charge in [0.2, 0.25) is 0 Å². The molecule has 0 atom stereocenters. The highest BCUT2D eigenvalue weighted by molar-refractivity contribution is 7.92. The Morgan fingerprint density at radius 3 is 2.21 bits per heavy atom. The first-order chi connectivity index (χ1) is 11.2. The summed E-state index contributed by atoms with van der Waals surface area (Å²) in [5.74, 6) is 0.482. The van der Waals surface area contributed by atoms with Gasteiger partial charge in [0, 0.05) is 6.54 Å². The third-order valence-corrected chi connectivity index (χ3v) is 5.31. The molecule has 0 saturated carbocycles. The second kappa shape index (κ2) is 6.72. The lowest BCUT2D eigenvalue weighted by molar-refractivity contribution is -0.137. The molecule has 0 heterocycles. The number of ether oxygens (including phenoxy) is 1. The van der Waals surface area contributed by atoms with Gasteiger partial charge in [-0.3, -0.25) is 4.31 Å². The van der Waals surface area contributed by atoms with Crippen LogP contribution in [0, 0.1) is 0 Å². The van der Waals surface area contributed by atoms with Crippen LogP contribution in [0.1, 0.15) is 12.5 Å². The van der Waals surface area contributed by atoms with Crippen molar-refractivity contribution in [1.82, 2.24) is 0 Å². The average Bonchev–Trinajstić information content (AvgIpc) is 2.55. The summed E-state index contributed by atoms with van der Waals surface area (Å²) in [5, 5.41) is 0. The SMILES string of the molecule is CCN(c1cccc(C(F)(F)F)c1)S(=O)(=O)c1ccc(OC)cc1. The predicted octanol–water partition coefficient (Wildman–Crippen LogP) is 3.93. The van der Waals surface area contributed by atoms with Gasteiger partial charge in [0.25, 0.3) is 10.0 Å². The number of sulfonamides is 1. The van der Waals surface area contributed by atoms with Gasteiger partial charge in [-0.1, -0.05) is 6.07 Å². The Bertz CT molecular complexity index is 802. The van der Waals surface area contributed by atoms with Gasteiger partial charge in [-0.25, -0.2) is 8.42 Å². The zero-order valence-corrected chi connectivity index (χ0v) is 13.9. The zero-order chi connectivity index (χ0) is 18.0. The fourth-order valence-corrected chi connectivity index (χ4v) is 3.67. The molecule has 130 valence electrons. The maximum atomic E-state index is 12.9. The second-order valence-corrected chi connectivity index (χ2v) is 6.76. The molecule has 2 rings (SSSR count). The second-order valence-electron chi connectivity index (χ2n) is 4.89. The Kier molecular flexibility index (Phi) is 5.08. The molecule has 0 aliphatic rings. The summed E-state index contributed by atoms with van der Waals surface area (Å²) in [4.78, 5) is -0.0254. The number of anilines is 1. The molecular weight excluding hydrogens is 343 g/mol. The van der Waals surface area contributed by atoms with Crippen molar-refractivity contribution in [3.05, 3.63) is 54.1 Å². The number of hydrogen-bond donors (Lipinski definition) is 0. The van der Waals surface area contributed by atoms with Crippen molar-refractivity contribution in [2.45, 2.75) is 18.0 Å². The van der Waals surface area contributed by atoms with E-state index in [4.69, 9.17) is 4.74 Å².